The largest absolute Gasteiger partial charge is 0.363 e. The first kappa shape index (κ1) is 21.8. The average molecular weight is 433 g/mol. The molecular weight excluding hydrogens is 404 g/mol. The molecule has 5 nitrogen and oxygen atoms in total. The van der Waals surface area contributed by atoms with Gasteiger partial charge in [0.1, 0.15) is 5.69 Å². The second-order valence-corrected chi connectivity index (χ2v) is 10.6. The third kappa shape index (κ3) is 6.06. The van der Waals surface area contributed by atoms with Crippen LogP contribution in [0.2, 0.25) is 0 Å². The fourth-order valence-electron chi connectivity index (χ4n) is 3.65. The zero-order chi connectivity index (χ0) is 20.8. The van der Waals surface area contributed by atoms with Crippen LogP contribution in [-0.4, -0.2) is 33.2 Å². The van der Waals surface area contributed by atoms with Gasteiger partial charge in [0, 0.05) is 51.6 Å². The number of thioether (sulfide) groups is 1. The van der Waals surface area contributed by atoms with Crippen LogP contribution in [0.1, 0.15) is 32.3 Å². The van der Waals surface area contributed by atoms with Crippen LogP contribution < -0.4 is 4.90 Å². The second-order valence-electron chi connectivity index (χ2n) is 7.81. The molecule has 1 heterocycles. The average Bonchev–Trinajstić information content (AvgIpc) is 2.72. The molecule has 0 bridgehead atoms. The summed E-state index contributed by atoms with van der Waals surface area (Å²) < 4.78 is 11.8. The van der Waals surface area contributed by atoms with Crippen molar-refractivity contribution in [3.05, 3.63) is 64.2 Å². The predicted octanol–water partition coefficient (Wildman–Crippen LogP) is 5.26. The summed E-state index contributed by atoms with van der Waals surface area (Å²) in [5.74, 6) is 2.52. The molecule has 0 radical (unpaired) electrons. The minimum absolute atomic E-state index is 0.162. The maximum Gasteiger partial charge on any atom is 0.293 e. The molecule has 1 aliphatic rings. The van der Waals surface area contributed by atoms with Gasteiger partial charge >= 0.3 is 0 Å². The summed E-state index contributed by atoms with van der Waals surface area (Å²) in [5, 5.41) is 11.9. The van der Waals surface area contributed by atoms with Crippen LogP contribution in [-0.2, 0) is 16.6 Å². The lowest BCUT2D eigenvalue weighted by Gasteiger charge is -2.36. The summed E-state index contributed by atoms with van der Waals surface area (Å²) in [4.78, 5) is 14.7. The molecule has 0 atom stereocenters. The third-order valence-corrected chi connectivity index (χ3v) is 7.51. The molecule has 0 aliphatic carbocycles. The van der Waals surface area contributed by atoms with E-state index in [0.717, 1.165) is 30.0 Å². The molecule has 2 aromatic carbocycles. The molecule has 1 fully saturated rings. The monoisotopic (exact) mass is 432 g/mol. The Kier molecular flexibility index (Phi) is 7.72. The van der Waals surface area contributed by atoms with E-state index < -0.39 is 10.8 Å². The first-order chi connectivity index (χ1) is 13.9. The van der Waals surface area contributed by atoms with Crippen molar-refractivity contribution < 1.29 is 9.13 Å². The van der Waals surface area contributed by atoms with E-state index in [1.807, 2.05) is 30.3 Å². The summed E-state index contributed by atoms with van der Waals surface area (Å²) in [6.45, 7) is 5.02. The first-order valence-electron chi connectivity index (χ1n) is 10.0. The van der Waals surface area contributed by atoms with Crippen LogP contribution in [0.3, 0.4) is 0 Å². The highest BCUT2D eigenvalue weighted by molar-refractivity contribution is 7.98. The van der Waals surface area contributed by atoms with E-state index in [1.54, 1.807) is 17.8 Å². The number of hydrogen-bond donors (Lipinski definition) is 0. The van der Waals surface area contributed by atoms with Gasteiger partial charge in [-0.3, -0.25) is 14.3 Å². The van der Waals surface area contributed by atoms with Gasteiger partial charge in [0.2, 0.25) is 0 Å². The van der Waals surface area contributed by atoms with Crippen LogP contribution in [0.5, 0.6) is 0 Å². The number of nitro benzene ring substituents is 1. The van der Waals surface area contributed by atoms with Crippen molar-refractivity contribution >= 4 is 33.9 Å². The quantitative estimate of drug-likeness (QED) is 0.323. The number of hydrogen-bond acceptors (Lipinski definition) is 5. The minimum atomic E-state index is -0.749. The van der Waals surface area contributed by atoms with Crippen LogP contribution >= 0.6 is 11.8 Å². The van der Waals surface area contributed by atoms with Crippen LogP contribution in [0.4, 0.5) is 11.4 Å². The van der Waals surface area contributed by atoms with Gasteiger partial charge in [-0.2, -0.15) is 0 Å². The molecular formula is C22H28N2O3S2. The number of rotatable bonds is 8. The lowest BCUT2D eigenvalue weighted by molar-refractivity contribution is -0.384. The van der Waals surface area contributed by atoms with Gasteiger partial charge in [-0.15, -0.1) is 11.8 Å². The Morgan fingerprint density at radius 1 is 1.17 bits per heavy atom. The number of nitrogens with zero attached hydrogens (tertiary/aromatic N) is 2. The van der Waals surface area contributed by atoms with Gasteiger partial charge in [-0.1, -0.05) is 44.2 Å². The van der Waals surface area contributed by atoms with Gasteiger partial charge in [0.15, 0.2) is 0 Å². The van der Waals surface area contributed by atoms with E-state index >= 15 is 0 Å². The summed E-state index contributed by atoms with van der Waals surface area (Å²) in [6.07, 6.45) is 1.64. The molecule has 0 N–H and O–H groups in total. The van der Waals surface area contributed by atoms with E-state index in [0.29, 0.717) is 23.1 Å². The van der Waals surface area contributed by atoms with Gasteiger partial charge in [0.05, 0.1) is 4.92 Å². The Morgan fingerprint density at radius 3 is 2.48 bits per heavy atom. The zero-order valence-corrected chi connectivity index (χ0v) is 18.6. The molecule has 7 heteroatoms. The van der Waals surface area contributed by atoms with Crippen molar-refractivity contribution in [1.29, 1.82) is 0 Å². The van der Waals surface area contributed by atoms with Crippen LogP contribution in [0, 0.1) is 16.0 Å². The lowest BCUT2D eigenvalue weighted by atomic mass is 10.0. The van der Waals surface area contributed by atoms with Crippen molar-refractivity contribution in [3.8, 4) is 0 Å². The molecule has 0 aromatic heterocycles. The molecule has 29 heavy (non-hydrogen) atoms. The van der Waals surface area contributed by atoms with Crippen LogP contribution in [0.15, 0.2) is 53.4 Å². The fraction of sp³-hybridized carbons (Fsp3) is 0.455. The topological polar surface area (TPSA) is 63.4 Å². The zero-order valence-electron chi connectivity index (χ0n) is 17.0. The van der Waals surface area contributed by atoms with E-state index in [-0.39, 0.29) is 16.7 Å². The van der Waals surface area contributed by atoms with E-state index in [1.165, 1.54) is 5.56 Å². The van der Waals surface area contributed by atoms with E-state index in [2.05, 4.69) is 30.9 Å². The molecule has 156 valence electrons. The number of nitro groups is 1. The van der Waals surface area contributed by atoms with Crippen molar-refractivity contribution in [2.24, 2.45) is 5.92 Å². The fourth-order valence-corrected chi connectivity index (χ4v) is 5.81. The Morgan fingerprint density at radius 2 is 1.86 bits per heavy atom. The Bertz CT molecular complexity index is 848. The number of benzene rings is 2. The van der Waals surface area contributed by atoms with Gasteiger partial charge in [-0.05, 0) is 36.5 Å². The molecule has 0 unspecified atom stereocenters. The van der Waals surface area contributed by atoms with Crippen molar-refractivity contribution in [3.63, 3.8) is 0 Å². The Hall–Kier alpha value is -1.86. The SMILES string of the molecule is CC(C)CN(c1ccc(SCc2ccccc2)cc1[N+](=O)[O-])C1CCS(=O)CC1. The molecule has 0 spiro atoms. The summed E-state index contributed by atoms with van der Waals surface area (Å²) >= 11 is 1.61. The smallest absolute Gasteiger partial charge is 0.293 e. The van der Waals surface area contributed by atoms with Crippen molar-refractivity contribution in [2.75, 3.05) is 23.0 Å². The highest BCUT2D eigenvalue weighted by atomic mass is 32.2. The molecule has 1 aliphatic heterocycles. The standard InChI is InChI=1S/C22H28N2O3S2/c1-17(2)15-23(19-10-12-29(27)13-11-19)21-9-8-20(14-22(21)24(25)26)28-16-18-6-4-3-5-7-18/h3-9,14,17,19H,10-13,15-16H2,1-2H3. The molecule has 0 amide bonds. The third-order valence-electron chi connectivity index (χ3n) is 5.06. The molecule has 0 saturated carbocycles. The Labute approximate surface area is 179 Å². The van der Waals surface area contributed by atoms with E-state index in [4.69, 9.17) is 0 Å². The van der Waals surface area contributed by atoms with Gasteiger partial charge in [0.25, 0.3) is 5.69 Å². The van der Waals surface area contributed by atoms with Crippen LogP contribution in [0.25, 0.3) is 0 Å². The predicted molar refractivity (Wildman–Crippen MR) is 122 cm³/mol. The molecule has 2 aromatic rings. The van der Waals surface area contributed by atoms with E-state index in [9.17, 15) is 14.3 Å². The molecule has 3 rings (SSSR count). The minimum Gasteiger partial charge on any atom is -0.363 e. The first-order valence-corrected chi connectivity index (χ1v) is 12.5. The summed E-state index contributed by atoms with van der Waals surface area (Å²) in [6, 6.07) is 15.9. The second kappa shape index (κ2) is 10.3. The summed E-state index contributed by atoms with van der Waals surface area (Å²) in [7, 11) is -0.749. The normalized spacial score (nSPS) is 19.3. The van der Waals surface area contributed by atoms with Gasteiger partial charge in [-0.25, -0.2) is 0 Å². The maximum atomic E-state index is 11.9. The maximum absolute atomic E-state index is 11.9. The number of anilines is 1. The molecule has 1 saturated heterocycles. The van der Waals surface area contributed by atoms with Gasteiger partial charge < -0.3 is 4.90 Å². The van der Waals surface area contributed by atoms with Crippen molar-refractivity contribution in [1.82, 2.24) is 0 Å². The lowest BCUT2D eigenvalue weighted by Crippen LogP contribution is -2.42. The van der Waals surface area contributed by atoms with Crippen molar-refractivity contribution in [2.45, 2.75) is 43.4 Å². The highest BCUT2D eigenvalue weighted by Gasteiger charge is 2.29. The summed E-state index contributed by atoms with van der Waals surface area (Å²) in [5.41, 5.74) is 2.04. The highest BCUT2D eigenvalue weighted by Crippen LogP contribution is 2.36. The Balaban J connectivity index is 1.85.